The van der Waals surface area contributed by atoms with Gasteiger partial charge in [-0.25, -0.2) is 9.78 Å². The topological polar surface area (TPSA) is 112 Å². The summed E-state index contributed by atoms with van der Waals surface area (Å²) in [4.78, 5) is 32.4. The Morgan fingerprint density at radius 1 is 1.05 bits per heavy atom. The lowest BCUT2D eigenvalue weighted by molar-refractivity contribution is -0.146. The summed E-state index contributed by atoms with van der Waals surface area (Å²) in [7, 11) is 3.99. The Balaban J connectivity index is 1.74. The highest BCUT2D eigenvalue weighted by Gasteiger charge is 2.43. The van der Waals surface area contributed by atoms with Crippen LogP contribution in [-0.2, 0) is 4.79 Å². The molecule has 0 aliphatic heterocycles. The molecule has 1 amide bonds. The van der Waals surface area contributed by atoms with Crippen LogP contribution in [0.3, 0.4) is 0 Å². The molecule has 2 aromatic carbocycles. The van der Waals surface area contributed by atoms with Crippen molar-refractivity contribution < 1.29 is 24.5 Å². The summed E-state index contributed by atoms with van der Waals surface area (Å²) in [5.74, 6) is -1.25. The number of aromatic nitrogens is 1. The van der Waals surface area contributed by atoms with Crippen molar-refractivity contribution in [2.24, 2.45) is 0 Å². The van der Waals surface area contributed by atoms with Gasteiger partial charge < -0.3 is 25.2 Å². The van der Waals surface area contributed by atoms with Crippen molar-refractivity contribution in [3.05, 3.63) is 69.8 Å². The second-order valence-electron chi connectivity index (χ2n) is 10.8. The fourth-order valence-electron chi connectivity index (χ4n) is 4.96. The molecule has 8 nitrogen and oxygen atoms in total. The standard InChI is InChI=1S/C31H35Cl2N3O5/c1-19-5-8-24(32)23(17-19)22-7-10-26(29(38)35-31(30(39)40)13-11-21(37)12-14-31)34-28(22)20-6-9-25(33)27(18-20)41-16-4-15-36(2)3/h5-10,17-18,21,37H,4,11-16H2,1-3H3,(H,35,38)(H,39,40). The third-order valence-corrected chi connectivity index (χ3v) is 7.96. The summed E-state index contributed by atoms with van der Waals surface area (Å²) in [6.45, 7) is 3.30. The molecule has 1 aromatic heterocycles. The maximum absolute atomic E-state index is 13.4. The number of carboxylic acids is 1. The monoisotopic (exact) mass is 599 g/mol. The number of amides is 1. The molecule has 0 bridgehead atoms. The highest BCUT2D eigenvalue weighted by Crippen LogP contribution is 2.38. The Hall–Kier alpha value is -3.17. The van der Waals surface area contributed by atoms with E-state index in [-0.39, 0.29) is 31.4 Å². The Kier molecular flexibility index (Phi) is 9.92. The Bertz CT molecular complexity index is 1420. The quantitative estimate of drug-likeness (QED) is 0.251. The number of rotatable bonds is 10. The average molecular weight is 601 g/mol. The highest BCUT2D eigenvalue weighted by atomic mass is 35.5. The van der Waals surface area contributed by atoms with Crippen molar-refractivity contribution in [1.82, 2.24) is 15.2 Å². The van der Waals surface area contributed by atoms with Gasteiger partial charge in [0, 0.05) is 28.3 Å². The van der Waals surface area contributed by atoms with E-state index < -0.39 is 23.5 Å². The number of carbonyl (C=O) groups is 2. The van der Waals surface area contributed by atoms with Gasteiger partial charge in [0.15, 0.2) is 0 Å². The van der Waals surface area contributed by atoms with Crippen LogP contribution in [-0.4, -0.2) is 70.9 Å². The Morgan fingerprint density at radius 2 is 1.76 bits per heavy atom. The maximum Gasteiger partial charge on any atom is 0.329 e. The zero-order valence-corrected chi connectivity index (χ0v) is 24.9. The first kappa shape index (κ1) is 30.8. The molecule has 0 radical (unpaired) electrons. The first-order valence-electron chi connectivity index (χ1n) is 13.6. The van der Waals surface area contributed by atoms with Crippen LogP contribution in [0, 0.1) is 6.92 Å². The second kappa shape index (κ2) is 13.2. The number of nitrogens with zero attached hydrogens (tertiary/aromatic N) is 2. The number of carbonyl (C=O) groups excluding carboxylic acids is 1. The summed E-state index contributed by atoms with van der Waals surface area (Å²) in [6, 6.07) is 14.3. The molecule has 1 fully saturated rings. The molecule has 0 unspecified atom stereocenters. The van der Waals surface area contributed by atoms with Crippen molar-refractivity contribution in [2.45, 2.75) is 50.7 Å². The Labute approximate surface area is 250 Å². The smallest absolute Gasteiger partial charge is 0.329 e. The SMILES string of the molecule is Cc1ccc(Cl)c(-c2ccc(C(=O)NC3(C(=O)O)CCC(O)CC3)nc2-c2ccc(Cl)c(OCCCN(C)C)c2)c1. The summed E-state index contributed by atoms with van der Waals surface area (Å²) in [6.07, 6.45) is 1.08. The van der Waals surface area contributed by atoms with Gasteiger partial charge in [-0.3, -0.25) is 4.79 Å². The van der Waals surface area contributed by atoms with Gasteiger partial charge in [0.2, 0.25) is 0 Å². The van der Waals surface area contributed by atoms with Crippen LogP contribution in [0.15, 0.2) is 48.5 Å². The number of pyridine rings is 1. The molecule has 3 N–H and O–H groups in total. The van der Waals surface area contributed by atoms with Gasteiger partial charge in [0.05, 0.1) is 23.4 Å². The molecule has 4 rings (SSSR count). The molecular weight excluding hydrogens is 565 g/mol. The summed E-state index contributed by atoms with van der Waals surface area (Å²) in [5.41, 5.74) is 2.17. The zero-order valence-electron chi connectivity index (χ0n) is 23.4. The minimum Gasteiger partial charge on any atom is -0.492 e. The minimum atomic E-state index is -1.47. The van der Waals surface area contributed by atoms with Crippen molar-refractivity contribution >= 4 is 35.1 Å². The number of halogens is 2. The fourth-order valence-corrected chi connectivity index (χ4v) is 5.35. The van der Waals surface area contributed by atoms with Crippen LogP contribution in [0.25, 0.3) is 22.4 Å². The van der Waals surface area contributed by atoms with Crippen LogP contribution in [0.5, 0.6) is 5.75 Å². The maximum atomic E-state index is 13.4. The first-order valence-corrected chi connectivity index (χ1v) is 14.3. The zero-order chi connectivity index (χ0) is 29.7. The number of ether oxygens (including phenoxy) is 1. The molecule has 41 heavy (non-hydrogen) atoms. The van der Waals surface area contributed by atoms with E-state index in [0.717, 1.165) is 24.1 Å². The number of hydrogen-bond donors (Lipinski definition) is 3. The molecule has 1 aliphatic carbocycles. The van der Waals surface area contributed by atoms with Gasteiger partial charge >= 0.3 is 5.97 Å². The van der Waals surface area contributed by atoms with Gasteiger partial charge in [-0.1, -0.05) is 40.9 Å². The lowest BCUT2D eigenvalue weighted by atomic mass is 9.80. The molecule has 1 aliphatic rings. The van der Waals surface area contributed by atoms with Crippen molar-refractivity contribution in [3.63, 3.8) is 0 Å². The van der Waals surface area contributed by atoms with Crippen LogP contribution in [0.4, 0.5) is 0 Å². The molecule has 3 aromatic rings. The van der Waals surface area contributed by atoms with E-state index in [0.29, 0.717) is 39.2 Å². The van der Waals surface area contributed by atoms with Gasteiger partial charge in [-0.15, -0.1) is 0 Å². The number of aryl methyl sites for hydroxylation is 1. The molecule has 218 valence electrons. The van der Waals surface area contributed by atoms with Crippen molar-refractivity contribution in [1.29, 1.82) is 0 Å². The molecule has 0 spiro atoms. The summed E-state index contributed by atoms with van der Waals surface area (Å²) in [5, 5.41) is 23.5. The Morgan fingerprint density at radius 3 is 2.44 bits per heavy atom. The predicted octanol–water partition coefficient (Wildman–Crippen LogP) is 5.85. The number of aliphatic hydroxyl groups excluding tert-OH is 1. The van der Waals surface area contributed by atoms with E-state index in [1.165, 1.54) is 0 Å². The molecule has 10 heteroatoms. The van der Waals surface area contributed by atoms with Gasteiger partial charge in [0.1, 0.15) is 17.0 Å². The lowest BCUT2D eigenvalue weighted by Crippen LogP contribution is -2.57. The van der Waals surface area contributed by atoms with E-state index >= 15 is 0 Å². The van der Waals surface area contributed by atoms with E-state index in [9.17, 15) is 19.8 Å². The third-order valence-electron chi connectivity index (χ3n) is 7.32. The van der Waals surface area contributed by atoms with Crippen LogP contribution >= 0.6 is 23.2 Å². The van der Waals surface area contributed by atoms with E-state index in [2.05, 4.69) is 10.2 Å². The predicted molar refractivity (Wildman–Crippen MR) is 161 cm³/mol. The van der Waals surface area contributed by atoms with E-state index in [1.54, 1.807) is 30.3 Å². The van der Waals surface area contributed by atoms with E-state index in [1.807, 2.05) is 39.2 Å². The average Bonchev–Trinajstić information content (AvgIpc) is 2.94. The number of nitrogens with one attached hydrogen (secondary N) is 1. The van der Waals surface area contributed by atoms with E-state index in [4.69, 9.17) is 32.9 Å². The van der Waals surface area contributed by atoms with Gasteiger partial charge in [0.25, 0.3) is 5.91 Å². The first-order chi connectivity index (χ1) is 19.5. The van der Waals surface area contributed by atoms with Crippen LogP contribution < -0.4 is 10.1 Å². The largest absolute Gasteiger partial charge is 0.492 e. The highest BCUT2D eigenvalue weighted by molar-refractivity contribution is 6.33. The molecule has 1 saturated carbocycles. The molecule has 0 saturated heterocycles. The normalized spacial score (nSPS) is 18.8. The summed E-state index contributed by atoms with van der Waals surface area (Å²) < 4.78 is 5.99. The van der Waals surface area contributed by atoms with Gasteiger partial charge in [-0.05, 0) is 89.5 Å². The number of carboxylic acid groups (broad SMARTS) is 1. The molecule has 0 atom stereocenters. The van der Waals surface area contributed by atoms with Crippen LogP contribution in [0.1, 0.15) is 48.2 Å². The number of aliphatic hydroxyl groups is 1. The van der Waals surface area contributed by atoms with Crippen LogP contribution in [0.2, 0.25) is 10.0 Å². The number of benzene rings is 2. The van der Waals surface area contributed by atoms with Gasteiger partial charge in [-0.2, -0.15) is 0 Å². The minimum absolute atomic E-state index is 0.0580. The van der Waals surface area contributed by atoms with Crippen molar-refractivity contribution in [2.75, 3.05) is 27.2 Å². The fraction of sp³-hybridized carbons (Fsp3) is 0.387. The lowest BCUT2D eigenvalue weighted by Gasteiger charge is -2.35. The van der Waals surface area contributed by atoms with Crippen molar-refractivity contribution in [3.8, 4) is 28.1 Å². The second-order valence-corrected chi connectivity index (χ2v) is 11.6. The number of hydrogen-bond acceptors (Lipinski definition) is 6. The molecular formula is C31H35Cl2N3O5. The molecule has 1 heterocycles. The summed E-state index contributed by atoms with van der Waals surface area (Å²) >= 11 is 13.1. The number of aliphatic carboxylic acids is 1. The third kappa shape index (κ3) is 7.38.